The van der Waals surface area contributed by atoms with E-state index in [1.54, 1.807) is 48.8 Å². The number of allylic oxidation sites excluding steroid dienone is 1. The fourth-order valence-electron chi connectivity index (χ4n) is 5.70. The lowest BCUT2D eigenvalue weighted by molar-refractivity contribution is 0.513. The topological polar surface area (TPSA) is 47.1 Å². The molecular weight excluding hydrogens is 521 g/mol. The van der Waals surface area contributed by atoms with Crippen LogP contribution >= 0.6 is 0 Å². The Balaban J connectivity index is 1.42. The lowest BCUT2D eigenvalue weighted by atomic mass is 9.86. The van der Waals surface area contributed by atoms with Crippen LogP contribution in [0.25, 0.3) is 45.4 Å². The smallest absolute Gasteiger partial charge is 0.455 e. The molecule has 2 aliphatic heterocycles. The number of hydrogen-bond acceptors (Lipinski definition) is 3. The molecule has 0 atom stereocenters. The van der Waals surface area contributed by atoms with Crippen LogP contribution in [-0.4, -0.2) is 16.4 Å². The first-order chi connectivity index (χ1) is 19.4. The van der Waals surface area contributed by atoms with E-state index in [0.717, 1.165) is 8.96 Å². The molecule has 5 nitrogen and oxygen atoms in total. The van der Waals surface area contributed by atoms with Gasteiger partial charge in [-0.1, -0.05) is 30.3 Å². The molecule has 2 aromatic carbocycles. The molecule has 0 spiro atoms. The van der Waals surface area contributed by atoms with Crippen molar-refractivity contribution in [2.45, 2.75) is 0 Å². The molecule has 10 heteroatoms. The van der Waals surface area contributed by atoms with E-state index in [9.17, 15) is 8.78 Å². The van der Waals surface area contributed by atoms with Gasteiger partial charge in [0.15, 0.2) is 11.1 Å². The minimum atomic E-state index is -4.45. The summed E-state index contributed by atoms with van der Waals surface area (Å²) in [4.78, 5) is 4.21. The van der Waals surface area contributed by atoms with Crippen LogP contribution in [-0.2, 0) is 0 Å². The van der Waals surface area contributed by atoms with Crippen molar-refractivity contribution in [2.24, 2.45) is 0 Å². The van der Waals surface area contributed by atoms with E-state index in [4.69, 9.17) is 8.83 Å². The molecule has 0 saturated carbocycles. The minimum absolute atomic E-state index is 0.169. The van der Waals surface area contributed by atoms with Gasteiger partial charge in [0.2, 0.25) is 5.36 Å². The fourth-order valence-corrected chi connectivity index (χ4v) is 5.70. The van der Waals surface area contributed by atoms with E-state index in [2.05, 4.69) is 4.98 Å². The summed E-state index contributed by atoms with van der Waals surface area (Å²) in [5.74, 6) is -0.374. The molecule has 6 heterocycles. The number of aromatic nitrogens is 2. The molecule has 0 saturated heterocycles. The summed E-state index contributed by atoms with van der Waals surface area (Å²) in [6.07, 6.45) is 4.80. The van der Waals surface area contributed by atoms with Crippen LogP contribution in [0.1, 0.15) is 11.3 Å². The third kappa shape index (κ3) is 3.16. The van der Waals surface area contributed by atoms with Crippen molar-refractivity contribution in [3.05, 3.63) is 131 Å². The summed E-state index contributed by atoms with van der Waals surface area (Å²) in [6.45, 7) is -4.45. The molecule has 0 bridgehead atoms. The lowest BCUT2D eigenvalue weighted by Gasteiger charge is -2.31. The highest BCUT2D eigenvalue weighted by molar-refractivity contribution is 6.65. The van der Waals surface area contributed by atoms with Crippen LogP contribution in [0.2, 0.25) is 0 Å². The highest BCUT2D eigenvalue weighted by atomic mass is 19.2. The van der Waals surface area contributed by atoms with Gasteiger partial charge < -0.3 is 26.4 Å². The first-order valence-corrected chi connectivity index (χ1v) is 12.5. The zero-order valence-electron chi connectivity index (χ0n) is 20.5. The van der Waals surface area contributed by atoms with E-state index in [0.29, 0.717) is 22.3 Å². The van der Waals surface area contributed by atoms with Crippen LogP contribution in [0.4, 0.5) is 17.4 Å². The van der Waals surface area contributed by atoms with Crippen molar-refractivity contribution < 1.29 is 26.2 Å². The Labute approximate surface area is 223 Å². The van der Waals surface area contributed by atoms with E-state index in [1.165, 1.54) is 48.5 Å². The number of hydrogen-bond donors (Lipinski definition) is 0. The Bertz CT molecular complexity index is 2180. The zero-order chi connectivity index (χ0) is 27.2. The number of benzene rings is 2. The number of rotatable bonds is 3. The van der Waals surface area contributed by atoms with E-state index < -0.39 is 18.6 Å². The molecule has 0 fully saturated rings. The first kappa shape index (κ1) is 22.8. The number of furan rings is 2. The van der Waals surface area contributed by atoms with Crippen molar-refractivity contribution in [3.8, 4) is 22.6 Å². The molecule has 0 radical (unpaired) electrons. The van der Waals surface area contributed by atoms with E-state index >= 15 is 8.63 Å². The summed E-state index contributed by atoms with van der Waals surface area (Å²) in [5, 5.41) is 0.169. The van der Waals surface area contributed by atoms with Crippen molar-refractivity contribution in [1.82, 2.24) is 13.9 Å². The van der Waals surface area contributed by atoms with Gasteiger partial charge in [0.1, 0.15) is 28.7 Å². The van der Waals surface area contributed by atoms with Gasteiger partial charge in [-0.25, -0.2) is 8.78 Å². The molecule has 0 aliphatic carbocycles. The fraction of sp³-hybridized carbons (Fsp3) is 0. The van der Waals surface area contributed by atoms with Gasteiger partial charge in [0, 0.05) is 46.9 Å². The Morgan fingerprint density at radius 3 is 2.15 bits per heavy atom. The van der Waals surface area contributed by atoms with Gasteiger partial charge in [-0.2, -0.15) is 0 Å². The monoisotopic (exact) mass is 537 g/mol. The quantitative estimate of drug-likeness (QED) is 0.211. The average Bonchev–Trinajstić information content (AvgIpc) is 3.68. The van der Waals surface area contributed by atoms with Crippen molar-refractivity contribution in [1.29, 1.82) is 0 Å². The molecule has 4 aromatic heterocycles. The van der Waals surface area contributed by atoms with Gasteiger partial charge in [-0.3, -0.25) is 4.98 Å². The largest absolute Gasteiger partial charge is 0.738 e. The third-order valence-electron chi connectivity index (χ3n) is 7.36. The van der Waals surface area contributed by atoms with Crippen LogP contribution in [0, 0.1) is 11.6 Å². The SMILES string of the molecule is Fc1cccc(-c2cc3c(o2)=CC2=C(c4cccnc4)c4cc5oc(-c6cccc(F)c6)cc5n4[B-](F)(F)[N+]=32)c1. The van der Waals surface area contributed by atoms with Crippen molar-refractivity contribution in [3.63, 3.8) is 0 Å². The maximum Gasteiger partial charge on any atom is 0.738 e. The second-order valence-electron chi connectivity index (χ2n) is 9.75. The van der Waals surface area contributed by atoms with Crippen LogP contribution in [0.15, 0.2) is 106 Å². The van der Waals surface area contributed by atoms with Crippen LogP contribution in [0.5, 0.6) is 0 Å². The van der Waals surface area contributed by atoms with Crippen LogP contribution < -0.4 is 15.3 Å². The van der Waals surface area contributed by atoms with Crippen molar-refractivity contribution >= 4 is 29.7 Å². The number of halogens is 4. The van der Waals surface area contributed by atoms with Gasteiger partial charge in [0.05, 0.1) is 23.2 Å². The molecule has 2 aliphatic rings. The summed E-state index contributed by atoms with van der Waals surface area (Å²) in [7, 11) is 0. The van der Waals surface area contributed by atoms with Crippen LogP contribution in [0.3, 0.4) is 0 Å². The second kappa shape index (κ2) is 7.95. The molecule has 40 heavy (non-hydrogen) atoms. The highest BCUT2D eigenvalue weighted by Gasteiger charge is 2.54. The third-order valence-corrected chi connectivity index (χ3v) is 7.36. The Kier molecular flexibility index (Phi) is 4.54. The molecular formula is C30H16BF4N3O2. The predicted molar refractivity (Wildman–Crippen MR) is 142 cm³/mol. The molecule has 6 aromatic rings. The molecule has 0 amide bonds. The Morgan fingerprint density at radius 1 is 0.775 bits per heavy atom. The zero-order valence-corrected chi connectivity index (χ0v) is 20.5. The van der Waals surface area contributed by atoms with Gasteiger partial charge >= 0.3 is 6.97 Å². The summed E-state index contributed by atoms with van der Waals surface area (Å²) in [6, 6.07) is 19.7. The number of fused-ring (bicyclic) bond motifs is 5. The molecule has 8 rings (SSSR count). The van der Waals surface area contributed by atoms with Gasteiger partial charge in [0.25, 0.3) is 0 Å². The molecule has 194 valence electrons. The highest BCUT2D eigenvalue weighted by Crippen LogP contribution is 2.42. The molecule has 0 unspecified atom stereocenters. The maximum absolute atomic E-state index is 16.7. The summed E-state index contributed by atoms with van der Waals surface area (Å²) >= 11 is 0. The Morgan fingerprint density at radius 2 is 1.48 bits per heavy atom. The predicted octanol–water partition coefficient (Wildman–Crippen LogP) is 5.82. The normalized spacial score (nSPS) is 15.2. The Hall–Kier alpha value is -5.12. The number of pyridine rings is 1. The average molecular weight is 537 g/mol. The maximum atomic E-state index is 16.7. The minimum Gasteiger partial charge on any atom is -0.455 e. The standard InChI is InChI=1S/C30H16BF4N3O2/c32-20-7-1-4-17(10-20)26-12-22-28(39-26)14-24-30(19-6-3-9-36-16-19)25-15-29-23(38(25)31(34,35)37(22)24)13-27(40-29)18-5-2-8-21(33)11-18/h1-16H. The number of nitrogens with zero attached hydrogens (tertiary/aromatic N) is 3. The van der Waals surface area contributed by atoms with Crippen molar-refractivity contribution in [2.75, 3.05) is 0 Å². The van der Waals surface area contributed by atoms with E-state index in [1.807, 2.05) is 0 Å². The van der Waals surface area contributed by atoms with Gasteiger partial charge in [-0.15, -0.1) is 0 Å². The van der Waals surface area contributed by atoms with Gasteiger partial charge in [-0.05, 0) is 30.3 Å². The summed E-state index contributed by atoms with van der Waals surface area (Å²) < 4.78 is 75.1. The second-order valence-corrected chi connectivity index (χ2v) is 9.75. The summed E-state index contributed by atoms with van der Waals surface area (Å²) in [5.41, 5.74) is 3.21. The lowest BCUT2D eigenvalue weighted by Crippen LogP contribution is -2.56. The van der Waals surface area contributed by atoms with E-state index in [-0.39, 0.29) is 44.8 Å². The molecule has 0 N–H and O–H groups in total. The first-order valence-electron chi connectivity index (χ1n) is 12.5.